The largest absolute Gasteiger partial charge is 0.462 e. The molecule has 0 unspecified atom stereocenters. The molecule has 0 aliphatic heterocycles. The number of rotatable bonds is 7. The highest BCUT2D eigenvalue weighted by molar-refractivity contribution is 6.06. The zero-order chi connectivity index (χ0) is 23.6. The summed E-state index contributed by atoms with van der Waals surface area (Å²) in [6.45, 7) is 3.50. The van der Waals surface area contributed by atoms with Crippen LogP contribution < -0.4 is 15.8 Å². The van der Waals surface area contributed by atoms with Crippen molar-refractivity contribution in [2.75, 3.05) is 11.9 Å². The van der Waals surface area contributed by atoms with Crippen LogP contribution in [0.2, 0.25) is 0 Å². The molecule has 8 heteroatoms. The van der Waals surface area contributed by atoms with E-state index in [4.69, 9.17) is 10.5 Å². The Hall–Kier alpha value is -4.20. The topological polar surface area (TPSA) is 112 Å². The van der Waals surface area contributed by atoms with Crippen molar-refractivity contribution in [3.8, 4) is 17.4 Å². The van der Waals surface area contributed by atoms with Crippen LogP contribution in [0.4, 0.5) is 5.69 Å². The zero-order valence-electron chi connectivity index (χ0n) is 18.7. The molecular formula is C25H25N5O3. The molecule has 168 valence electrons. The highest BCUT2D eigenvalue weighted by Crippen LogP contribution is 2.24. The molecule has 0 saturated heterocycles. The van der Waals surface area contributed by atoms with Crippen LogP contribution in [-0.2, 0) is 11.8 Å². The second kappa shape index (κ2) is 8.74. The summed E-state index contributed by atoms with van der Waals surface area (Å²) < 4.78 is 7.35. The van der Waals surface area contributed by atoms with Crippen molar-refractivity contribution in [1.29, 1.82) is 0 Å². The number of amides is 2. The summed E-state index contributed by atoms with van der Waals surface area (Å²) in [5.74, 6) is -0.0413. The van der Waals surface area contributed by atoms with E-state index in [0.717, 1.165) is 16.3 Å². The number of nitrogens with zero attached hydrogens (tertiary/aromatic N) is 3. The summed E-state index contributed by atoms with van der Waals surface area (Å²) in [6.07, 6.45) is 0. The Kier molecular flexibility index (Phi) is 5.83. The Labute approximate surface area is 191 Å². The quantitative estimate of drug-likeness (QED) is 0.451. The minimum absolute atomic E-state index is 0.0913. The Morgan fingerprint density at radius 3 is 2.39 bits per heavy atom. The number of hydrogen-bond donors (Lipinski definition) is 2. The molecule has 4 rings (SSSR count). The Bertz CT molecular complexity index is 1330. The van der Waals surface area contributed by atoms with Crippen molar-refractivity contribution in [1.82, 2.24) is 14.8 Å². The number of carbonyl (C=O) groups excluding carboxylic acids is 2. The number of nitrogens with one attached hydrogen (secondary N) is 1. The average Bonchev–Trinajstić information content (AvgIpc) is 3.18. The van der Waals surface area contributed by atoms with Crippen LogP contribution >= 0.6 is 0 Å². The van der Waals surface area contributed by atoms with Gasteiger partial charge >= 0.3 is 6.01 Å². The maximum absolute atomic E-state index is 12.7. The van der Waals surface area contributed by atoms with Crippen LogP contribution in [0.5, 0.6) is 6.01 Å². The van der Waals surface area contributed by atoms with Crippen molar-refractivity contribution in [3.05, 3.63) is 72.3 Å². The van der Waals surface area contributed by atoms with E-state index in [2.05, 4.69) is 15.5 Å². The number of primary amides is 1. The molecule has 0 bridgehead atoms. The third-order valence-corrected chi connectivity index (χ3v) is 5.48. The summed E-state index contributed by atoms with van der Waals surface area (Å²) in [5.41, 5.74) is 6.62. The van der Waals surface area contributed by atoms with E-state index in [-0.39, 0.29) is 18.5 Å². The minimum atomic E-state index is -0.822. The molecule has 33 heavy (non-hydrogen) atoms. The van der Waals surface area contributed by atoms with E-state index in [1.807, 2.05) is 54.6 Å². The molecule has 4 aromatic rings. The Balaban J connectivity index is 1.45. The first-order valence-electron chi connectivity index (χ1n) is 10.5. The van der Waals surface area contributed by atoms with Crippen LogP contribution in [0.15, 0.2) is 66.7 Å². The third kappa shape index (κ3) is 4.69. The average molecular weight is 444 g/mol. The van der Waals surface area contributed by atoms with Crippen LogP contribution in [0.1, 0.15) is 24.2 Å². The summed E-state index contributed by atoms with van der Waals surface area (Å²) in [7, 11) is 1.78. The molecule has 8 nitrogen and oxygen atoms in total. The van der Waals surface area contributed by atoms with Crippen LogP contribution in [-0.4, -0.2) is 33.2 Å². The van der Waals surface area contributed by atoms with Gasteiger partial charge in [-0.25, -0.2) is 0 Å². The molecule has 2 amide bonds. The maximum atomic E-state index is 12.7. The van der Waals surface area contributed by atoms with Crippen LogP contribution in [0.25, 0.3) is 22.2 Å². The number of benzene rings is 3. The van der Waals surface area contributed by atoms with Gasteiger partial charge in [0.15, 0.2) is 5.82 Å². The van der Waals surface area contributed by atoms with Gasteiger partial charge in [-0.3, -0.25) is 14.2 Å². The highest BCUT2D eigenvalue weighted by atomic mass is 16.5. The second-order valence-corrected chi connectivity index (χ2v) is 8.50. The molecule has 0 saturated carbocycles. The van der Waals surface area contributed by atoms with Gasteiger partial charge < -0.3 is 15.8 Å². The summed E-state index contributed by atoms with van der Waals surface area (Å²) in [5, 5.41) is 13.3. The van der Waals surface area contributed by atoms with E-state index in [1.165, 1.54) is 0 Å². The van der Waals surface area contributed by atoms with Gasteiger partial charge in [-0.15, -0.1) is 5.10 Å². The van der Waals surface area contributed by atoms with E-state index >= 15 is 0 Å². The monoisotopic (exact) mass is 443 g/mol. The van der Waals surface area contributed by atoms with E-state index in [1.54, 1.807) is 37.6 Å². The van der Waals surface area contributed by atoms with Crippen molar-refractivity contribution in [2.24, 2.45) is 18.2 Å². The van der Waals surface area contributed by atoms with Gasteiger partial charge in [-0.2, -0.15) is 0 Å². The number of aromatic nitrogens is 3. The first-order valence-corrected chi connectivity index (χ1v) is 10.5. The molecule has 0 aliphatic carbocycles. The molecule has 0 aliphatic rings. The van der Waals surface area contributed by atoms with Gasteiger partial charge in [-0.05, 0) is 61.0 Å². The Morgan fingerprint density at radius 1 is 1.00 bits per heavy atom. The second-order valence-electron chi connectivity index (χ2n) is 8.50. The van der Waals surface area contributed by atoms with Gasteiger partial charge in [0.2, 0.25) is 5.91 Å². The van der Waals surface area contributed by atoms with Gasteiger partial charge in [0.05, 0.1) is 5.41 Å². The number of ether oxygens (including phenoxy) is 1. The van der Waals surface area contributed by atoms with Gasteiger partial charge in [-0.1, -0.05) is 35.4 Å². The van der Waals surface area contributed by atoms with Gasteiger partial charge in [0.25, 0.3) is 5.91 Å². The van der Waals surface area contributed by atoms with Crippen molar-refractivity contribution in [2.45, 2.75) is 13.8 Å². The zero-order valence-corrected chi connectivity index (χ0v) is 18.7. The molecular weight excluding hydrogens is 418 g/mol. The molecule has 3 N–H and O–H groups in total. The van der Waals surface area contributed by atoms with Gasteiger partial charge in [0.1, 0.15) is 6.61 Å². The molecule has 0 spiro atoms. The lowest BCUT2D eigenvalue weighted by atomic mass is 9.94. The summed E-state index contributed by atoms with van der Waals surface area (Å²) in [4.78, 5) is 24.2. The van der Waals surface area contributed by atoms with E-state index in [9.17, 15) is 9.59 Å². The first-order chi connectivity index (χ1) is 15.7. The first kappa shape index (κ1) is 22.0. The molecule has 0 radical (unpaired) electrons. The maximum Gasteiger partial charge on any atom is 0.317 e. The fourth-order valence-corrected chi connectivity index (χ4v) is 3.24. The normalized spacial score (nSPS) is 11.4. The van der Waals surface area contributed by atoms with E-state index < -0.39 is 11.3 Å². The fourth-order valence-electron chi connectivity index (χ4n) is 3.24. The van der Waals surface area contributed by atoms with Crippen molar-refractivity contribution < 1.29 is 14.3 Å². The Morgan fingerprint density at radius 2 is 1.70 bits per heavy atom. The number of fused-ring (bicyclic) bond motifs is 1. The fraction of sp³-hybridized carbons (Fsp3) is 0.200. The predicted molar refractivity (Wildman–Crippen MR) is 127 cm³/mol. The smallest absolute Gasteiger partial charge is 0.317 e. The van der Waals surface area contributed by atoms with Crippen LogP contribution in [0, 0.1) is 5.41 Å². The molecule has 1 heterocycles. The minimum Gasteiger partial charge on any atom is -0.462 e. The van der Waals surface area contributed by atoms with Gasteiger partial charge in [0, 0.05) is 23.9 Å². The van der Waals surface area contributed by atoms with E-state index in [0.29, 0.717) is 17.1 Å². The highest BCUT2D eigenvalue weighted by Gasteiger charge is 2.27. The number of nitrogens with two attached hydrogens (primary N) is 1. The molecule has 0 fully saturated rings. The third-order valence-electron chi connectivity index (χ3n) is 5.48. The SMILES string of the molecule is Cn1c(OCC(C)(C)C(N)=O)nnc1-c1ccc(NC(=O)c2ccc3ccccc3c2)cc1. The number of anilines is 1. The van der Waals surface area contributed by atoms with Crippen molar-refractivity contribution in [3.63, 3.8) is 0 Å². The lowest BCUT2D eigenvalue weighted by molar-refractivity contribution is -0.127. The predicted octanol–water partition coefficient (Wildman–Crippen LogP) is 3.78. The molecule has 1 aromatic heterocycles. The lowest BCUT2D eigenvalue weighted by Crippen LogP contribution is -2.37. The van der Waals surface area contributed by atoms with Crippen LogP contribution in [0.3, 0.4) is 0 Å². The number of hydrogen-bond acceptors (Lipinski definition) is 5. The summed E-state index contributed by atoms with van der Waals surface area (Å²) >= 11 is 0. The summed E-state index contributed by atoms with van der Waals surface area (Å²) in [6, 6.07) is 21.1. The standard InChI is InChI=1S/C25H25N5O3/c1-25(2,23(26)32)15-33-24-29-28-21(30(24)3)17-10-12-20(13-11-17)27-22(31)19-9-8-16-6-4-5-7-18(16)14-19/h4-14H,15H2,1-3H3,(H2,26,32)(H,27,31). The molecule has 0 atom stereocenters. The van der Waals surface area contributed by atoms with Crippen molar-refractivity contribution >= 4 is 28.3 Å². The number of carbonyl (C=O) groups is 2. The molecule has 3 aromatic carbocycles. The lowest BCUT2D eigenvalue weighted by Gasteiger charge is -2.19.